The second-order valence-corrected chi connectivity index (χ2v) is 8.62. The average Bonchev–Trinajstić information content (AvgIpc) is 3.46. The summed E-state index contributed by atoms with van der Waals surface area (Å²) in [7, 11) is 0. The Bertz CT molecular complexity index is 913. The Labute approximate surface area is 183 Å². The molecule has 2 aliphatic rings. The predicted octanol–water partition coefficient (Wildman–Crippen LogP) is 2.96. The van der Waals surface area contributed by atoms with Crippen molar-refractivity contribution >= 4 is 40.0 Å². The van der Waals surface area contributed by atoms with Gasteiger partial charge in [0.15, 0.2) is 5.13 Å². The Hall–Kier alpha value is -2.23. The third-order valence-corrected chi connectivity index (χ3v) is 6.62. The van der Waals surface area contributed by atoms with Gasteiger partial charge in [0.05, 0.1) is 18.2 Å². The topological polar surface area (TPSA) is 77.6 Å². The summed E-state index contributed by atoms with van der Waals surface area (Å²) < 4.78 is 14.5. The fourth-order valence-corrected chi connectivity index (χ4v) is 5.03. The molecule has 3 heterocycles. The number of thiazole rings is 1. The lowest BCUT2D eigenvalue weighted by Crippen LogP contribution is -2.38. The summed E-state index contributed by atoms with van der Waals surface area (Å²) in [6, 6.07) is 4.18. The molecule has 2 aromatic rings. The van der Waals surface area contributed by atoms with Crippen molar-refractivity contribution in [3.05, 3.63) is 45.7 Å². The van der Waals surface area contributed by atoms with E-state index < -0.39 is 0 Å². The third-order valence-electron chi connectivity index (χ3n) is 5.38. The fraction of sp³-hybridized carbons (Fsp3) is 0.450. The van der Waals surface area contributed by atoms with Crippen molar-refractivity contribution in [1.82, 2.24) is 20.5 Å². The zero-order chi connectivity index (χ0) is 21.1. The van der Waals surface area contributed by atoms with Crippen LogP contribution in [0.3, 0.4) is 0 Å². The van der Waals surface area contributed by atoms with Crippen LogP contribution in [-0.2, 0) is 11.2 Å². The minimum absolute atomic E-state index is 0.101. The molecule has 0 bridgehead atoms. The average molecular weight is 452 g/mol. The second kappa shape index (κ2) is 9.28. The molecule has 160 valence electrons. The van der Waals surface area contributed by atoms with Gasteiger partial charge < -0.3 is 10.6 Å². The number of likely N-dealkylation sites (tertiary alicyclic amines) is 1. The molecule has 2 saturated heterocycles. The van der Waals surface area contributed by atoms with E-state index in [4.69, 9.17) is 11.6 Å². The molecule has 2 N–H and O–H groups in total. The monoisotopic (exact) mass is 451 g/mol. The second-order valence-electron chi connectivity index (χ2n) is 7.38. The first-order valence-electron chi connectivity index (χ1n) is 9.97. The van der Waals surface area contributed by atoms with Crippen molar-refractivity contribution in [2.75, 3.05) is 37.6 Å². The molecule has 1 atom stereocenters. The molecule has 0 saturated carbocycles. The molecule has 0 radical (unpaired) electrons. The number of benzene rings is 1. The highest BCUT2D eigenvalue weighted by Crippen LogP contribution is 2.32. The molecule has 2 aliphatic heterocycles. The minimum Gasteiger partial charge on any atom is -0.354 e. The molecular weight excluding hydrogens is 429 g/mol. The fourth-order valence-electron chi connectivity index (χ4n) is 3.89. The highest BCUT2D eigenvalue weighted by molar-refractivity contribution is 7.14. The number of hydrogen-bond donors (Lipinski definition) is 2. The van der Waals surface area contributed by atoms with Crippen LogP contribution in [0, 0.1) is 5.82 Å². The number of carbonyl (C=O) groups is 2. The zero-order valence-corrected chi connectivity index (χ0v) is 17.9. The minimum atomic E-state index is -0.360. The summed E-state index contributed by atoms with van der Waals surface area (Å²) in [5, 5.41) is 8.38. The number of anilines is 1. The first-order chi connectivity index (χ1) is 14.5. The summed E-state index contributed by atoms with van der Waals surface area (Å²) >= 11 is 7.64. The van der Waals surface area contributed by atoms with Crippen LogP contribution in [0.15, 0.2) is 23.6 Å². The molecule has 0 spiro atoms. The number of rotatable bonds is 7. The Morgan fingerprint density at radius 3 is 2.83 bits per heavy atom. The smallest absolute Gasteiger partial charge is 0.323 e. The molecule has 1 aromatic carbocycles. The van der Waals surface area contributed by atoms with Crippen molar-refractivity contribution < 1.29 is 14.0 Å². The van der Waals surface area contributed by atoms with Gasteiger partial charge in [-0.1, -0.05) is 17.7 Å². The molecule has 0 aliphatic carbocycles. The van der Waals surface area contributed by atoms with Crippen LogP contribution in [-0.4, -0.2) is 54.5 Å². The number of aromatic nitrogens is 1. The van der Waals surface area contributed by atoms with Crippen molar-refractivity contribution in [3.8, 4) is 0 Å². The van der Waals surface area contributed by atoms with E-state index in [9.17, 15) is 14.0 Å². The van der Waals surface area contributed by atoms with Crippen LogP contribution in [0.5, 0.6) is 0 Å². The predicted molar refractivity (Wildman–Crippen MR) is 115 cm³/mol. The summed E-state index contributed by atoms with van der Waals surface area (Å²) in [4.78, 5) is 32.4. The molecular formula is C20H23ClFN5O2S. The number of nitrogens with zero attached hydrogens (tertiary/aromatic N) is 3. The number of hydrogen-bond acceptors (Lipinski definition) is 5. The number of urea groups is 1. The molecule has 2 fully saturated rings. The summed E-state index contributed by atoms with van der Waals surface area (Å²) in [5.41, 5.74) is 1.03. The van der Waals surface area contributed by atoms with Crippen molar-refractivity contribution in [2.45, 2.75) is 25.3 Å². The van der Waals surface area contributed by atoms with Gasteiger partial charge in [-0.2, -0.15) is 0 Å². The molecule has 3 amide bonds. The lowest BCUT2D eigenvalue weighted by Gasteiger charge is -2.29. The number of halogens is 2. The molecule has 1 unspecified atom stereocenters. The lowest BCUT2D eigenvalue weighted by molar-refractivity contribution is -0.120. The highest BCUT2D eigenvalue weighted by atomic mass is 35.5. The van der Waals surface area contributed by atoms with Gasteiger partial charge in [0.1, 0.15) is 5.82 Å². The molecule has 10 heteroatoms. The lowest BCUT2D eigenvalue weighted by atomic mass is 10.0. The van der Waals surface area contributed by atoms with Crippen LogP contribution in [0.2, 0.25) is 5.02 Å². The van der Waals surface area contributed by atoms with Gasteiger partial charge in [-0.25, -0.2) is 14.2 Å². The van der Waals surface area contributed by atoms with Crippen molar-refractivity contribution in [3.63, 3.8) is 0 Å². The normalized spacial score (nSPS) is 17.9. The maximum absolute atomic E-state index is 14.5. The maximum atomic E-state index is 14.5. The first kappa shape index (κ1) is 21.0. The van der Waals surface area contributed by atoms with E-state index >= 15 is 0 Å². The summed E-state index contributed by atoms with van der Waals surface area (Å²) in [6.07, 6.45) is 2.19. The van der Waals surface area contributed by atoms with Crippen LogP contribution in [0.25, 0.3) is 0 Å². The van der Waals surface area contributed by atoms with E-state index in [0.717, 1.165) is 25.9 Å². The van der Waals surface area contributed by atoms with Gasteiger partial charge >= 0.3 is 6.03 Å². The van der Waals surface area contributed by atoms with E-state index in [0.29, 0.717) is 34.5 Å². The molecule has 1 aromatic heterocycles. The largest absolute Gasteiger partial charge is 0.354 e. The molecule has 4 rings (SSSR count). The van der Waals surface area contributed by atoms with E-state index in [2.05, 4.69) is 20.5 Å². The van der Waals surface area contributed by atoms with E-state index in [1.54, 1.807) is 22.4 Å². The SMILES string of the molecule is O=C(Cc1csc(N2CCNC2=O)n1)NCC(c1c(F)cccc1Cl)N1CCCC1. The Morgan fingerprint density at radius 1 is 1.33 bits per heavy atom. The number of nitrogens with one attached hydrogen (secondary N) is 2. The highest BCUT2D eigenvalue weighted by Gasteiger charge is 2.28. The van der Waals surface area contributed by atoms with Crippen molar-refractivity contribution in [1.29, 1.82) is 0 Å². The van der Waals surface area contributed by atoms with E-state index in [1.807, 2.05) is 0 Å². The Balaban J connectivity index is 1.40. The van der Waals surface area contributed by atoms with E-state index in [1.165, 1.54) is 17.4 Å². The number of amides is 3. The number of carbonyl (C=O) groups excluding carboxylic acids is 2. The maximum Gasteiger partial charge on any atom is 0.323 e. The van der Waals surface area contributed by atoms with Gasteiger partial charge in [-0.05, 0) is 38.1 Å². The summed E-state index contributed by atoms with van der Waals surface area (Å²) in [6.45, 7) is 3.12. The first-order valence-corrected chi connectivity index (χ1v) is 11.2. The van der Waals surface area contributed by atoms with Gasteiger partial charge in [0.25, 0.3) is 0 Å². The van der Waals surface area contributed by atoms with Gasteiger partial charge in [0, 0.05) is 35.6 Å². The molecule has 30 heavy (non-hydrogen) atoms. The van der Waals surface area contributed by atoms with Crippen LogP contribution in [0.4, 0.5) is 14.3 Å². The third kappa shape index (κ3) is 4.58. The quantitative estimate of drug-likeness (QED) is 0.678. The Morgan fingerprint density at radius 2 is 2.13 bits per heavy atom. The van der Waals surface area contributed by atoms with Crippen LogP contribution in [0.1, 0.15) is 30.1 Å². The van der Waals surface area contributed by atoms with Crippen molar-refractivity contribution in [2.24, 2.45) is 0 Å². The molecule has 7 nitrogen and oxygen atoms in total. The van der Waals surface area contributed by atoms with Gasteiger partial charge in [0.2, 0.25) is 5.91 Å². The zero-order valence-electron chi connectivity index (χ0n) is 16.4. The van der Waals surface area contributed by atoms with Gasteiger partial charge in [-0.3, -0.25) is 14.6 Å². The Kier molecular flexibility index (Phi) is 6.50. The van der Waals surface area contributed by atoms with E-state index in [-0.39, 0.29) is 36.8 Å². The standard InChI is InChI=1S/C20H23ClFN5O2S/c21-14-4-3-5-15(22)18(14)16(26-7-1-2-8-26)11-24-17(28)10-13-12-30-20(25-13)27-9-6-23-19(27)29/h3-5,12,16H,1-2,6-11H2,(H,23,29)(H,24,28). The van der Waals surface area contributed by atoms with Crippen LogP contribution >= 0.6 is 22.9 Å². The van der Waals surface area contributed by atoms with Gasteiger partial charge in [-0.15, -0.1) is 11.3 Å². The van der Waals surface area contributed by atoms with Crippen LogP contribution < -0.4 is 15.5 Å². The summed E-state index contributed by atoms with van der Waals surface area (Å²) in [5.74, 6) is -0.559.